The highest BCUT2D eigenvalue weighted by Crippen LogP contribution is 2.26. The van der Waals surface area contributed by atoms with Gasteiger partial charge in [0, 0.05) is 5.56 Å². The van der Waals surface area contributed by atoms with Crippen LogP contribution in [0.15, 0.2) is 48.7 Å². The molecule has 0 bridgehead atoms. The van der Waals surface area contributed by atoms with Gasteiger partial charge in [0.1, 0.15) is 11.4 Å². The zero-order valence-corrected chi connectivity index (χ0v) is 14.1. The standard InChI is InChI=1S/C16H12FN3O5S/c1-10-2-4-13(5-3-10)20-9-15(18-19-20)11-6-12(16(21)22)8-14(7-11)25-26(17,23)24/h2-9H,1H3,(H,21,22). The molecule has 0 aliphatic carbocycles. The summed E-state index contributed by atoms with van der Waals surface area (Å²) in [5, 5.41) is 17.1. The van der Waals surface area contributed by atoms with Crippen LogP contribution in [0.2, 0.25) is 0 Å². The van der Waals surface area contributed by atoms with Gasteiger partial charge in [-0.05, 0) is 37.3 Å². The van der Waals surface area contributed by atoms with E-state index in [-0.39, 0.29) is 16.8 Å². The summed E-state index contributed by atoms with van der Waals surface area (Å²) in [6, 6.07) is 10.7. The lowest BCUT2D eigenvalue weighted by atomic mass is 10.1. The van der Waals surface area contributed by atoms with Gasteiger partial charge in [-0.1, -0.05) is 26.8 Å². The van der Waals surface area contributed by atoms with Crippen molar-refractivity contribution in [3.8, 4) is 22.7 Å². The molecule has 0 atom stereocenters. The summed E-state index contributed by atoms with van der Waals surface area (Å²) in [6.07, 6.45) is 1.53. The number of rotatable bonds is 5. The first-order valence-corrected chi connectivity index (χ1v) is 8.54. The molecule has 3 rings (SSSR count). The van der Waals surface area contributed by atoms with Crippen LogP contribution in [0.5, 0.6) is 5.75 Å². The van der Waals surface area contributed by atoms with Gasteiger partial charge in [0.05, 0.1) is 17.4 Å². The number of halogens is 1. The lowest BCUT2D eigenvalue weighted by Crippen LogP contribution is -2.04. The van der Waals surface area contributed by atoms with Crippen molar-refractivity contribution in [1.82, 2.24) is 15.0 Å². The van der Waals surface area contributed by atoms with E-state index >= 15 is 0 Å². The normalized spacial score (nSPS) is 11.3. The Balaban J connectivity index is 2.03. The molecule has 26 heavy (non-hydrogen) atoms. The van der Waals surface area contributed by atoms with Crippen LogP contribution < -0.4 is 4.18 Å². The third-order valence-electron chi connectivity index (χ3n) is 3.44. The maximum Gasteiger partial charge on any atom is 0.488 e. The van der Waals surface area contributed by atoms with Crippen molar-refractivity contribution in [2.75, 3.05) is 0 Å². The molecule has 0 aliphatic heterocycles. The monoisotopic (exact) mass is 377 g/mol. The van der Waals surface area contributed by atoms with Gasteiger partial charge >= 0.3 is 16.5 Å². The number of aromatic carboxylic acids is 1. The Kier molecular flexibility index (Phi) is 4.43. The van der Waals surface area contributed by atoms with Crippen molar-refractivity contribution in [2.24, 2.45) is 0 Å². The minimum Gasteiger partial charge on any atom is -0.478 e. The minimum absolute atomic E-state index is 0.210. The zero-order chi connectivity index (χ0) is 18.9. The highest BCUT2D eigenvalue weighted by molar-refractivity contribution is 7.81. The lowest BCUT2D eigenvalue weighted by Gasteiger charge is -2.05. The van der Waals surface area contributed by atoms with Gasteiger partial charge in [-0.2, -0.15) is 8.42 Å². The number of carboxylic acids is 1. The van der Waals surface area contributed by atoms with Gasteiger partial charge in [-0.15, -0.1) is 5.10 Å². The number of carbonyl (C=O) groups is 1. The van der Waals surface area contributed by atoms with Gasteiger partial charge in [-0.3, -0.25) is 0 Å². The molecule has 8 nitrogen and oxygen atoms in total. The molecule has 3 aromatic rings. The minimum atomic E-state index is -5.29. The predicted octanol–water partition coefficient (Wildman–Crippen LogP) is 2.53. The molecule has 1 N–H and O–H groups in total. The number of aryl methyl sites for hydroxylation is 1. The van der Waals surface area contributed by atoms with Crippen molar-refractivity contribution >= 4 is 16.5 Å². The number of hydrogen-bond donors (Lipinski definition) is 1. The second-order valence-electron chi connectivity index (χ2n) is 5.41. The van der Waals surface area contributed by atoms with Crippen LogP contribution in [0.4, 0.5) is 3.89 Å². The van der Waals surface area contributed by atoms with E-state index in [1.54, 1.807) is 0 Å². The molecule has 2 aromatic carbocycles. The van der Waals surface area contributed by atoms with Crippen molar-refractivity contribution < 1.29 is 26.4 Å². The summed E-state index contributed by atoms with van der Waals surface area (Å²) in [4.78, 5) is 11.2. The van der Waals surface area contributed by atoms with E-state index in [9.17, 15) is 17.1 Å². The number of aromatic nitrogens is 3. The molecule has 0 saturated carbocycles. The second-order valence-corrected chi connectivity index (χ2v) is 6.36. The Hall–Kier alpha value is -3.27. The first-order chi connectivity index (χ1) is 12.2. The van der Waals surface area contributed by atoms with Gasteiger partial charge < -0.3 is 9.29 Å². The van der Waals surface area contributed by atoms with Crippen LogP contribution in [-0.2, 0) is 10.5 Å². The van der Waals surface area contributed by atoms with Crippen LogP contribution in [0, 0.1) is 6.92 Å². The van der Waals surface area contributed by atoms with E-state index in [1.807, 2.05) is 31.2 Å². The van der Waals surface area contributed by atoms with Gasteiger partial charge in [-0.25, -0.2) is 9.48 Å². The van der Waals surface area contributed by atoms with E-state index in [0.29, 0.717) is 0 Å². The van der Waals surface area contributed by atoms with E-state index in [2.05, 4.69) is 14.5 Å². The van der Waals surface area contributed by atoms with Crippen LogP contribution in [0.3, 0.4) is 0 Å². The molecule has 1 heterocycles. The summed E-state index contributed by atoms with van der Waals surface area (Å²) in [5.41, 5.74) is 1.98. The summed E-state index contributed by atoms with van der Waals surface area (Å²) in [6.45, 7) is 1.94. The average Bonchev–Trinajstić information content (AvgIpc) is 3.03. The van der Waals surface area contributed by atoms with E-state index in [0.717, 1.165) is 23.4 Å². The first-order valence-electron chi connectivity index (χ1n) is 7.23. The second kappa shape index (κ2) is 6.56. The first kappa shape index (κ1) is 17.5. The van der Waals surface area contributed by atoms with E-state index in [1.165, 1.54) is 16.9 Å². The molecule has 0 fully saturated rings. The van der Waals surface area contributed by atoms with Crippen LogP contribution in [0.1, 0.15) is 15.9 Å². The Morgan fingerprint density at radius 2 is 1.88 bits per heavy atom. The Labute approximate surface area is 147 Å². The Bertz CT molecular complexity index is 1080. The number of carboxylic acid groups (broad SMARTS) is 1. The molecule has 0 saturated heterocycles. The molecular formula is C16H12FN3O5S. The fourth-order valence-electron chi connectivity index (χ4n) is 2.25. The Morgan fingerprint density at radius 1 is 1.19 bits per heavy atom. The van der Waals surface area contributed by atoms with Crippen LogP contribution >= 0.6 is 0 Å². The molecule has 0 aliphatic rings. The number of nitrogens with zero attached hydrogens (tertiary/aromatic N) is 3. The highest BCUT2D eigenvalue weighted by Gasteiger charge is 2.16. The van der Waals surface area contributed by atoms with E-state index < -0.39 is 22.2 Å². The maximum absolute atomic E-state index is 12.8. The van der Waals surface area contributed by atoms with Crippen molar-refractivity contribution in [1.29, 1.82) is 0 Å². The quantitative estimate of drug-likeness (QED) is 0.680. The van der Waals surface area contributed by atoms with Crippen LogP contribution in [-0.4, -0.2) is 34.5 Å². The fourth-order valence-corrected chi connectivity index (χ4v) is 2.58. The average molecular weight is 377 g/mol. The fraction of sp³-hybridized carbons (Fsp3) is 0.0625. The van der Waals surface area contributed by atoms with Crippen molar-refractivity contribution in [2.45, 2.75) is 6.92 Å². The number of hydrogen-bond acceptors (Lipinski definition) is 6. The van der Waals surface area contributed by atoms with Gasteiger partial charge in [0.2, 0.25) is 0 Å². The third kappa shape index (κ3) is 4.03. The van der Waals surface area contributed by atoms with Gasteiger partial charge in [0.25, 0.3) is 0 Å². The largest absolute Gasteiger partial charge is 0.488 e. The summed E-state index contributed by atoms with van der Waals surface area (Å²) in [7, 11) is -5.29. The molecule has 0 spiro atoms. The molecule has 134 valence electrons. The topological polar surface area (TPSA) is 111 Å². The van der Waals surface area contributed by atoms with Crippen molar-refractivity contribution in [3.05, 3.63) is 59.8 Å². The number of benzene rings is 2. The lowest BCUT2D eigenvalue weighted by molar-refractivity contribution is 0.0696. The Morgan fingerprint density at radius 3 is 2.50 bits per heavy atom. The maximum atomic E-state index is 12.8. The predicted molar refractivity (Wildman–Crippen MR) is 89.1 cm³/mol. The molecule has 0 unspecified atom stereocenters. The molecular weight excluding hydrogens is 365 g/mol. The SMILES string of the molecule is Cc1ccc(-n2cc(-c3cc(OS(=O)(=O)F)cc(C(=O)O)c3)nn2)cc1. The summed E-state index contributed by atoms with van der Waals surface area (Å²) < 4.78 is 39.7. The van der Waals surface area contributed by atoms with Gasteiger partial charge in [0.15, 0.2) is 0 Å². The zero-order valence-electron chi connectivity index (χ0n) is 13.3. The summed E-state index contributed by atoms with van der Waals surface area (Å²) in [5.74, 6) is -1.81. The van der Waals surface area contributed by atoms with Crippen LogP contribution in [0.25, 0.3) is 16.9 Å². The smallest absolute Gasteiger partial charge is 0.478 e. The highest BCUT2D eigenvalue weighted by atomic mass is 32.3. The molecule has 0 radical (unpaired) electrons. The van der Waals surface area contributed by atoms with E-state index in [4.69, 9.17) is 5.11 Å². The van der Waals surface area contributed by atoms with Crippen molar-refractivity contribution in [3.63, 3.8) is 0 Å². The molecule has 1 aromatic heterocycles. The summed E-state index contributed by atoms with van der Waals surface area (Å²) >= 11 is 0. The molecule has 0 amide bonds. The molecule has 10 heteroatoms. The third-order valence-corrected chi connectivity index (χ3v) is 3.83.